The molecule has 0 bridgehead atoms. The third-order valence-corrected chi connectivity index (χ3v) is 16.0. The lowest BCUT2D eigenvalue weighted by Crippen LogP contribution is -2.60. The molecule has 0 aromatic heterocycles. The van der Waals surface area contributed by atoms with Crippen LogP contribution in [-0.4, -0.2) is 100 Å². The Balaban J connectivity index is 1.93. The summed E-state index contributed by atoms with van der Waals surface area (Å²) in [5.74, 6) is -0.183. The average molecular weight is 1120 g/mol. The van der Waals surface area contributed by atoms with Crippen LogP contribution in [0.1, 0.15) is 322 Å². The number of esters is 1. The van der Waals surface area contributed by atoms with Crippen molar-refractivity contribution < 1.29 is 49.3 Å². The second-order valence-electron chi connectivity index (χ2n) is 23.5. The number of amides is 1. The van der Waals surface area contributed by atoms with Gasteiger partial charge in [-0.05, 0) is 64.2 Å². The molecule has 0 aromatic rings. The molecule has 1 rings (SSSR count). The van der Waals surface area contributed by atoms with Crippen LogP contribution < -0.4 is 5.32 Å². The van der Waals surface area contributed by atoms with Gasteiger partial charge < -0.3 is 45.1 Å². The van der Waals surface area contributed by atoms with E-state index in [-0.39, 0.29) is 18.5 Å². The zero-order chi connectivity index (χ0) is 57.3. The molecule has 11 nitrogen and oxygen atoms in total. The molecule has 1 heterocycles. The van der Waals surface area contributed by atoms with Gasteiger partial charge in [0, 0.05) is 12.8 Å². The highest BCUT2D eigenvalue weighted by molar-refractivity contribution is 5.76. The second-order valence-corrected chi connectivity index (χ2v) is 23.5. The number of hydrogen-bond donors (Lipinski definition) is 6. The van der Waals surface area contributed by atoms with Crippen LogP contribution in [0.15, 0.2) is 36.5 Å². The molecule has 0 aliphatic carbocycles. The second kappa shape index (κ2) is 57.7. The van der Waals surface area contributed by atoms with Gasteiger partial charge in [0.25, 0.3) is 0 Å². The van der Waals surface area contributed by atoms with Crippen LogP contribution in [0.2, 0.25) is 0 Å². The van der Waals surface area contributed by atoms with Gasteiger partial charge in [-0.15, -0.1) is 0 Å². The molecule has 11 heteroatoms. The zero-order valence-electron chi connectivity index (χ0n) is 51.3. The highest BCUT2D eigenvalue weighted by Crippen LogP contribution is 2.23. The first-order chi connectivity index (χ1) is 38.7. The summed E-state index contributed by atoms with van der Waals surface area (Å²) in [5, 5.41) is 54.3. The van der Waals surface area contributed by atoms with E-state index in [0.717, 1.165) is 64.2 Å². The Morgan fingerprint density at radius 1 is 0.468 bits per heavy atom. The summed E-state index contributed by atoms with van der Waals surface area (Å²) in [7, 11) is 0. The maximum atomic E-state index is 13.0. The quantitative estimate of drug-likeness (QED) is 0.0195. The van der Waals surface area contributed by atoms with E-state index < -0.39 is 49.5 Å². The van der Waals surface area contributed by atoms with E-state index in [2.05, 4.69) is 43.5 Å². The minimum Gasteiger partial charge on any atom is -0.466 e. The van der Waals surface area contributed by atoms with E-state index in [1.807, 2.05) is 6.08 Å². The Bertz CT molecular complexity index is 1410. The molecule has 0 aromatic carbocycles. The molecule has 0 saturated carbocycles. The van der Waals surface area contributed by atoms with E-state index in [0.29, 0.717) is 19.4 Å². The largest absolute Gasteiger partial charge is 0.466 e. The Hall–Kier alpha value is -2.12. The van der Waals surface area contributed by atoms with Gasteiger partial charge in [0.05, 0.1) is 32.0 Å². The molecule has 1 saturated heterocycles. The van der Waals surface area contributed by atoms with Crippen molar-refractivity contribution in [1.29, 1.82) is 0 Å². The molecule has 0 radical (unpaired) electrons. The van der Waals surface area contributed by atoms with Gasteiger partial charge in [-0.1, -0.05) is 281 Å². The third kappa shape index (κ3) is 47.0. The van der Waals surface area contributed by atoms with E-state index in [1.54, 1.807) is 6.08 Å². The van der Waals surface area contributed by atoms with Crippen molar-refractivity contribution >= 4 is 11.9 Å². The number of aliphatic hydroxyl groups excluding tert-OH is 5. The van der Waals surface area contributed by atoms with Crippen LogP contribution in [0.3, 0.4) is 0 Å². The number of carbonyl (C=O) groups is 2. The number of aliphatic hydroxyl groups is 5. The summed E-state index contributed by atoms with van der Waals surface area (Å²) in [5.41, 5.74) is 0. The number of rotatable bonds is 59. The minimum absolute atomic E-state index is 0.000980. The fraction of sp³-hybridized carbons (Fsp3) is 0.882. The van der Waals surface area contributed by atoms with Gasteiger partial charge in [0.2, 0.25) is 5.91 Å². The minimum atomic E-state index is -1.57. The van der Waals surface area contributed by atoms with Gasteiger partial charge in [-0.3, -0.25) is 9.59 Å². The first kappa shape index (κ1) is 74.9. The van der Waals surface area contributed by atoms with Crippen molar-refractivity contribution in [1.82, 2.24) is 5.32 Å². The predicted molar refractivity (Wildman–Crippen MR) is 329 cm³/mol. The zero-order valence-corrected chi connectivity index (χ0v) is 51.3. The first-order valence-electron chi connectivity index (χ1n) is 33.8. The van der Waals surface area contributed by atoms with Crippen molar-refractivity contribution in [3.05, 3.63) is 36.5 Å². The predicted octanol–water partition coefficient (Wildman–Crippen LogP) is 16.6. The third-order valence-electron chi connectivity index (χ3n) is 16.0. The molecule has 1 fully saturated rings. The van der Waals surface area contributed by atoms with Crippen molar-refractivity contribution in [2.45, 2.75) is 365 Å². The molecular formula is C68H127NO10. The SMILES string of the molecule is CCCCC/C=C\C/C=C\CCCCCCCCCCCC(=O)OCCCCCCCCCCCCCCCCCCCCCCCCCC(=O)NC(COC1OC(CO)C(O)C(O)C1O)C(O)/C=C/CCCCCCCCC. The molecular weight excluding hydrogens is 991 g/mol. The molecule has 1 aliphatic rings. The highest BCUT2D eigenvalue weighted by atomic mass is 16.7. The number of nitrogens with one attached hydrogen (secondary N) is 1. The number of carbonyl (C=O) groups excluding carboxylic acids is 2. The Labute approximate surface area is 485 Å². The number of ether oxygens (including phenoxy) is 3. The standard InChI is InChI=1S/C68H127NO10/c1-3-5-7-9-11-13-14-15-16-17-23-27-30-33-36-40-44-48-52-56-64(73)77-57-53-49-45-41-37-34-31-28-25-22-20-18-19-21-24-26-29-32-35-39-43-47-51-55-63(72)69-60(61(71)54-50-46-42-38-12-10-8-6-4-2)59-78-68-67(76)66(75)65(74)62(58-70)79-68/h11,13,15-16,50,54,60-62,65-68,70-71,74-76H,3-10,12,14,17-49,51-53,55-59H2,1-2H3,(H,69,72)/b13-11-,16-15-,54-50+. The summed E-state index contributed by atoms with van der Waals surface area (Å²) in [6, 6.07) is -0.808. The molecule has 464 valence electrons. The summed E-state index contributed by atoms with van der Waals surface area (Å²) >= 11 is 0. The normalized spacial score (nSPS) is 18.6. The fourth-order valence-electron chi connectivity index (χ4n) is 10.6. The lowest BCUT2D eigenvalue weighted by molar-refractivity contribution is -0.302. The van der Waals surface area contributed by atoms with E-state index in [1.165, 1.54) is 231 Å². The molecule has 1 aliphatic heterocycles. The topological polar surface area (TPSA) is 175 Å². The van der Waals surface area contributed by atoms with Gasteiger partial charge in [0.1, 0.15) is 24.4 Å². The lowest BCUT2D eigenvalue weighted by Gasteiger charge is -2.40. The monoisotopic (exact) mass is 1120 g/mol. The molecule has 79 heavy (non-hydrogen) atoms. The Morgan fingerprint density at radius 2 is 0.848 bits per heavy atom. The van der Waals surface area contributed by atoms with Gasteiger partial charge in [-0.2, -0.15) is 0 Å². The summed E-state index contributed by atoms with van der Waals surface area (Å²) < 4.78 is 16.7. The average Bonchev–Trinajstić information content (AvgIpc) is 3.47. The van der Waals surface area contributed by atoms with E-state index >= 15 is 0 Å². The molecule has 7 unspecified atom stereocenters. The van der Waals surface area contributed by atoms with Crippen molar-refractivity contribution in [3.63, 3.8) is 0 Å². The van der Waals surface area contributed by atoms with Crippen LogP contribution in [0.5, 0.6) is 0 Å². The van der Waals surface area contributed by atoms with Crippen molar-refractivity contribution in [3.8, 4) is 0 Å². The van der Waals surface area contributed by atoms with Crippen LogP contribution in [0.4, 0.5) is 0 Å². The van der Waals surface area contributed by atoms with Crippen LogP contribution in [0.25, 0.3) is 0 Å². The number of allylic oxidation sites excluding steroid dienone is 5. The highest BCUT2D eigenvalue weighted by Gasteiger charge is 2.44. The fourth-order valence-corrected chi connectivity index (χ4v) is 10.6. The summed E-state index contributed by atoms with van der Waals surface area (Å²) in [6.07, 6.45) is 62.7. The van der Waals surface area contributed by atoms with E-state index in [4.69, 9.17) is 14.2 Å². The van der Waals surface area contributed by atoms with E-state index in [9.17, 15) is 35.1 Å². The van der Waals surface area contributed by atoms with Crippen LogP contribution in [0, 0.1) is 0 Å². The number of hydrogen-bond acceptors (Lipinski definition) is 10. The lowest BCUT2D eigenvalue weighted by atomic mass is 9.99. The molecule has 6 N–H and O–H groups in total. The van der Waals surface area contributed by atoms with Crippen LogP contribution in [-0.2, 0) is 23.8 Å². The van der Waals surface area contributed by atoms with Crippen molar-refractivity contribution in [2.75, 3.05) is 19.8 Å². The summed E-state index contributed by atoms with van der Waals surface area (Å²) in [4.78, 5) is 25.1. The maximum absolute atomic E-state index is 13.0. The first-order valence-corrected chi connectivity index (χ1v) is 33.8. The Morgan fingerprint density at radius 3 is 1.30 bits per heavy atom. The molecule has 0 spiro atoms. The molecule has 7 atom stereocenters. The van der Waals surface area contributed by atoms with Gasteiger partial charge in [0.15, 0.2) is 6.29 Å². The van der Waals surface area contributed by atoms with Crippen molar-refractivity contribution in [2.24, 2.45) is 0 Å². The summed E-state index contributed by atoms with van der Waals surface area (Å²) in [6.45, 7) is 4.31. The maximum Gasteiger partial charge on any atom is 0.305 e. The van der Waals surface area contributed by atoms with Gasteiger partial charge in [-0.25, -0.2) is 0 Å². The Kier molecular flexibility index (Phi) is 54.7. The number of unbranched alkanes of at least 4 members (excludes halogenated alkanes) is 41. The smallest absolute Gasteiger partial charge is 0.305 e. The molecule has 1 amide bonds. The van der Waals surface area contributed by atoms with Crippen LogP contribution >= 0.6 is 0 Å². The van der Waals surface area contributed by atoms with Gasteiger partial charge >= 0.3 is 5.97 Å².